The molecule has 1 aromatic rings. The van der Waals surface area contributed by atoms with Crippen molar-refractivity contribution in [2.75, 3.05) is 19.8 Å². The molecular weight excluding hydrogens is 344 g/mol. The molecule has 2 rings (SSSR count). The number of nitrogens with one attached hydrogen (secondary N) is 1. The minimum absolute atomic E-state index is 0.0118. The maximum absolute atomic E-state index is 12.4. The molecule has 110 valence electrons. The van der Waals surface area contributed by atoms with Gasteiger partial charge in [-0.25, -0.2) is 0 Å². The van der Waals surface area contributed by atoms with Crippen molar-refractivity contribution in [2.24, 2.45) is 11.1 Å². The molecule has 3 N–H and O–H groups in total. The average molecular weight is 362 g/mol. The third-order valence-electron chi connectivity index (χ3n) is 3.78. The number of nitrogens with two attached hydrogens (primary N) is 1. The molecule has 0 aromatic heterocycles. The molecule has 1 aliphatic rings. The summed E-state index contributed by atoms with van der Waals surface area (Å²) in [6.45, 7) is 1.93. The first-order valence-corrected chi connectivity index (χ1v) is 7.74. The third kappa shape index (κ3) is 3.52. The van der Waals surface area contributed by atoms with Crippen LogP contribution in [0.3, 0.4) is 0 Å². The van der Waals surface area contributed by atoms with Gasteiger partial charge in [-0.1, -0.05) is 33.6 Å². The first-order chi connectivity index (χ1) is 9.57. The van der Waals surface area contributed by atoms with E-state index in [1.165, 1.54) is 0 Å². The summed E-state index contributed by atoms with van der Waals surface area (Å²) in [5, 5.41) is 3.58. The maximum atomic E-state index is 12.4. The zero-order valence-corrected chi connectivity index (χ0v) is 13.5. The fourth-order valence-corrected chi connectivity index (χ4v) is 3.05. The lowest BCUT2D eigenvalue weighted by atomic mass is 9.79. The molecule has 1 amide bonds. The van der Waals surface area contributed by atoms with Crippen LogP contribution in [0.15, 0.2) is 22.7 Å². The summed E-state index contributed by atoms with van der Waals surface area (Å²) in [6, 6.07) is 5.61. The van der Waals surface area contributed by atoms with E-state index in [1.807, 2.05) is 18.2 Å². The van der Waals surface area contributed by atoms with Gasteiger partial charge in [0.25, 0.3) is 0 Å². The maximum Gasteiger partial charge on any atom is 0.227 e. The number of hydrogen-bond donors (Lipinski definition) is 2. The molecule has 0 saturated carbocycles. The number of rotatable bonds is 4. The molecule has 1 aliphatic heterocycles. The van der Waals surface area contributed by atoms with E-state index in [-0.39, 0.29) is 5.91 Å². The minimum atomic E-state index is -0.500. The fourth-order valence-electron chi connectivity index (χ4n) is 2.31. The Bertz CT molecular complexity index is 490. The van der Waals surface area contributed by atoms with Crippen LogP contribution in [-0.2, 0) is 16.1 Å². The number of carbonyl (C=O) groups excluding carboxylic acids is 1. The van der Waals surface area contributed by atoms with Crippen LogP contribution in [0.2, 0.25) is 5.02 Å². The molecule has 0 radical (unpaired) electrons. The van der Waals surface area contributed by atoms with E-state index in [2.05, 4.69) is 21.2 Å². The van der Waals surface area contributed by atoms with Gasteiger partial charge in [-0.05, 0) is 30.5 Å². The van der Waals surface area contributed by atoms with Gasteiger partial charge in [0, 0.05) is 35.8 Å². The summed E-state index contributed by atoms with van der Waals surface area (Å²) in [7, 11) is 0. The predicted octanol–water partition coefficient (Wildman–Crippen LogP) is 2.47. The lowest BCUT2D eigenvalue weighted by Crippen LogP contribution is -2.49. The van der Waals surface area contributed by atoms with Gasteiger partial charge in [-0.2, -0.15) is 0 Å². The molecule has 1 aromatic carbocycles. The number of carbonyl (C=O) groups is 1. The van der Waals surface area contributed by atoms with Crippen molar-refractivity contribution < 1.29 is 9.53 Å². The monoisotopic (exact) mass is 360 g/mol. The molecule has 4 nitrogen and oxygen atoms in total. The van der Waals surface area contributed by atoms with Gasteiger partial charge < -0.3 is 15.8 Å². The number of benzene rings is 1. The van der Waals surface area contributed by atoms with Crippen molar-refractivity contribution in [1.29, 1.82) is 0 Å². The van der Waals surface area contributed by atoms with E-state index in [4.69, 9.17) is 22.1 Å². The van der Waals surface area contributed by atoms with E-state index < -0.39 is 5.41 Å². The summed E-state index contributed by atoms with van der Waals surface area (Å²) in [4.78, 5) is 12.4. The van der Waals surface area contributed by atoms with Crippen LogP contribution < -0.4 is 11.1 Å². The highest BCUT2D eigenvalue weighted by molar-refractivity contribution is 9.10. The second kappa shape index (κ2) is 6.89. The van der Waals surface area contributed by atoms with Crippen LogP contribution in [0.5, 0.6) is 0 Å². The summed E-state index contributed by atoms with van der Waals surface area (Å²) in [6.07, 6.45) is 1.34. The zero-order chi connectivity index (χ0) is 14.6. The van der Waals surface area contributed by atoms with Crippen molar-refractivity contribution in [3.8, 4) is 0 Å². The Morgan fingerprint density at radius 3 is 2.75 bits per heavy atom. The Labute approximate surface area is 132 Å². The van der Waals surface area contributed by atoms with Crippen LogP contribution >= 0.6 is 27.5 Å². The van der Waals surface area contributed by atoms with E-state index >= 15 is 0 Å². The number of amides is 1. The number of halogens is 2. The molecule has 0 unspecified atom stereocenters. The summed E-state index contributed by atoms with van der Waals surface area (Å²) >= 11 is 9.50. The minimum Gasteiger partial charge on any atom is -0.381 e. The molecule has 20 heavy (non-hydrogen) atoms. The van der Waals surface area contributed by atoms with Crippen molar-refractivity contribution in [3.63, 3.8) is 0 Å². The van der Waals surface area contributed by atoms with Crippen LogP contribution in [0.25, 0.3) is 0 Å². The normalized spacial score (nSPS) is 17.8. The molecule has 1 saturated heterocycles. The molecule has 0 atom stereocenters. The largest absolute Gasteiger partial charge is 0.381 e. The smallest absolute Gasteiger partial charge is 0.227 e. The molecule has 0 bridgehead atoms. The highest BCUT2D eigenvalue weighted by atomic mass is 79.9. The molecule has 6 heteroatoms. The summed E-state index contributed by atoms with van der Waals surface area (Å²) in [5.41, 5.74) is 6.20. The van der Waals surface area contributed by atoms with Gasteiger partial charge in [0.15, 0.2) is 0 Å². The highest BCUT2D eigenvalue weighted by Gasteiger charge is 2.38. The summed E-state index contributed by atoms with van der Waals surface area (Å²) in [5.74, 6) is -0.0118. The first-order valence-electron chi connectivity index (χ1n) is 6.57. The molecule has 1 heterocycles. The SMILES string of the molecule is NCC1(C(=O)NCc2ccc(Br)cc2Cl)CCOCC1. The molecular formula is C14H18BrClN2O2. The van der Waals surface area contributed by atoms with E-state index in [1.54, 1.807) is 0 Å². The van der Waals surface area contributed by atoms with Gasteiger partial charge in [-0.15, -0.1) is 0 Å². The van der Waals surface area contributed by atoms with Crippen molar-refractivity contribution in [1.82, 2.24) is 5.32 Å². The van der Waals surface area contributed by atoms with Crippen LogP contribution in [0, 0.1) is 5.41 Å². The Morgan fingerprint density at radius 2 is 2.15 bits per heavy atom. The van der Waals surface area contributed by atoms with Crippen molar-refractivity contribution >= 4 is 33.4 Å². The van der Waals surface area contributed by atoms with Crippen molar-refractivity contribution in [3.05, 3.63) is 33.3 Å². The Balaban J connectivity index is 2.00. The van der Waals surface area contributed by atoms with Crippen molar-refractivity contribution in [2.45, 2.75) is 19.4 Å². The second-order valence-corrected chi connectivity index (χ2v) is 6.34. The topological polar surface area (TPSA) is 64.4 Å². The van der Waals surface area contributed by atoms with Crippen LogP contribution in [-0.4, -0.2) is 25.7 Å². The summed E-state index contributed by atoms with van der Waals surface area (Å²) < 4.78 is 6.23. The van der Waals surface area contributed by atoms with E-state index in [0.717, 1.165) is 10.0 Å². The Kier molecular flexibility index (Phi) is 5.43. The lowest BCUT2D eigenvalue weighted by molar-refractivity contribution is -0.136. The van der Waals surface area contributed by atoms with Gasteiger partial charge in [0.2, 0.25) is 5.91 Å². The van der Waals surface area contributed by atoms with Gasteiger partial charge in [0.05, 0.1) is 5.41 Å². The highest BCUT2D eigenvalue weighted by Crippen LogP contribution is 2.30. The average Bonchev–Trinajstić information content (AvgIpc) is 2.46. The van der Waals surface area contributed by atoms with Gasteiger partial charge >= 0.3 is 0 Å². The molecule has 0 aliphatic carbocycles. The third-order valence-corrected chi connectivity index (χ3v) is 4.62. The predicted molar refractivity (Wildman–Crippen MR) is 82.5 cm³/mol. The van der Waals surface area contributed by atoms with Crippen LogP contribution in [0.4, 0.5) is 0 Å². The lowest BCUT2D eigenvalue weighted by Gasteiger charge is -2.34. The fraction of sp³-hybridized carbons (Fsp3) is 0.500. The Hall–Kier alpha value is -0.620. The molecule has 0 spiro atoms. The second-order valence-electron chi connectivity index (χ2n) is 5.02. The van der Waals surface area contributed by atoms with E-state index in [9.17, 15) is 4.79 Å². The van der Waals surface area contributed by atoms with Crippen LogP contribution in [0.1, 0.15) is 18.4 Å². The molecule has 1 fully saturated rings. The van der Waals surface area contributed by atoms with E-state index in [0.29, 0.717) is 44.2 Å². The number of hydrogen-bond acceptors (Lipinski definition) is 3. The Morgan fingerprint density at radius 1 is 1.45 bits per heavy atom. The zero-order valence-electron chi connectivity index (χ0n) is 11.1. The first kappa shape index (κ1) is 15.8. The van der Waals surface area contributed by atoms with Gasteiger partial charge in [0.1, 0.15) is 0 Å². The van der Waals surface area contributed by atoms with Gasteiger partial charge in [-0.3, -0.25) is 4.79 Å². The quantitative estimate of drug-likeness (QED) is 0.866. The number of ether oxygens (including phenoxy) is 1. The standard InChI is InChI=1S/C14H18BrClN2O2/c15-11-2-1-10(12(16)7-11)8-18-13(19)14(9-17)3-5-20-6-4-14/h1-2,7H,3-6,8-9,17H2,(H,18,19).